The number of pyridine rings is 1. The number of aryl methyl sites for hydroxylation is 1. The fourth-order valence-corrected chi connectivity index (χ4v) is 1.36. The third kappa shape index (κ3) is 1.74. The molecule has 0 amide bonds. The van der Waals surface area contributed by atoms with Crippen molar-refractivity contribution in [1.29, 1.82) is 0 Å². The number of hydrogen-bond donors (Lipinski definition) is 1. The molecule has 2 nitrogen and oxygen atoms in total. The molecule has 1 heterocycles. The number of rotatable bonds is 1. The number of phenolic OH excluding ortho intramolecular Hbond substituents is 1. The maximum Gasteiger partial charge on any atom is 0.116 e. The van der Waals surface area contributed by atoms with E-state index in [0.29, 0.717) is 0 Å². The summed E-state index contributed by atoms with van der Waals surface area (Å²) >= 11 is 0. The smallest absolute Gasteiger partial charge is 0.116 e. The van der Waals surface area contributed by atoms with E-state index in [1.807, 2.05) is 31.2 Å². The lowest BCUT2D eigenvalue weighted by Gasteiger charge is -2.01. The molecule has 0 aliphatic carbocycles. The Kier molecular flexibility index (Phi) is 2.19. The first kappa shape index (κ1) is 8.75. The summed E-state index contributed by atoms with van der Waals surface area (Å²) in [6.07, 6.45) is 1.77. The molecule has 0 fully saturated rings. The minimum absolute atomic E-state index is 0.269. The molecule has 2 heteroatoms. The lowest BCUT2D eigenvalue weighted by molar-refractivity contribution is 0.475. The summed E-state index contributed by atoms with van der Waals surface area (Å²) < 4.78 is 0. The van der Waals surface area contributed by atoms with E-state index in [2.05, 4.69) is 4.98 Å². The molecule has 1 aromatic carbocycles. The van der Waals surface area contributed by atoms with Crippen LogP contribution in [-0.4, -0.2) is 10.1 Å². The summed E-state index contributed by atoms with van der Waals surface area (Å²) in [5.41, 5.74) is 2.99. The second-order valence-corrected chi connectivity index (χ2v) is 3.27. The van der Waals surface area contributed by atoms with Crippen LogP contribution in [0, 0.1) is 6.92 Å². The quantitative estimate of drug-likeness (QED) is 0.741. The largest absolute Gasteiger partial charge is 0.508 e. The van der Waals surface area contributed by atoms with E-state index in [4.69, 9.17) is 0 Å². The molecule has 14 heavy (non-hydrogen) atoms. The maximum atomic E-state index is 9.32. The third-order valence-corrected chi connectivity index (χ3v) is 2.06. The van der Waals surface area contributed by atoms with Crippen LogP contribution in [0.25, 0.3) is 11.3 Å². The Hall–Kier alpha value is -1.83. The Morgan fingerprint density at radius 2 is 2.00 bits per heavy atom. The highest BCUT2D eigenvalue weighted by Gasteiger charge is 1.99. The summed E-state index contributed by atoms with van der Waals surface area (Å²) in [6, 6.07) is 11.1. The highest BCUT2D eigenvalue weighted by molar-refractivity contribution is 5.61. The van der Waals surface area contributed by atoms with Gasteiger partial charge in [0, 0.05) is 11.8 Å². The number of aromatic nitrogens is 1. The first-order chi connectivity index (χ1) is 6.75. The molecule has 1 aromatic heterocycles. The number of aromatic hydroxyl groups is 1. The highest BCUT2D eigenvalue weighted by atomic mass is 16.3. The minimum Gasteiger partial charge on any atom is -0.508 e. The molecule has 0 aliphatic rings. The van der Waals surface area contributed by atoms with Gasteiger partial charge in [-0.2, -0.15) is 0 Å². The molecule has 0 atom stereocenters. The van der Waals surface area contributed by atoms with E-state index >= 15 is 0 Å². The molecule has 0 spiro atoms. The van der Waals surface area contributed by atoms with Crippen molar-refractivity contribution < 1.29 is 5.11 Å². The van der Waals surface area contributed by atoms with Crippen LogP contribution in [-0.2, 0) is 0 Å². The molecule has 2 rings (SSSR count). The Labute approximate surface area is 82.9 Å². The van der Waals surface area contributed by atoms with Gasteiger partial charge in [-0.05, 0) is 36.8 Å². The molecule has 0 saturated carbocycles. The second-order valence-electron chi connectivity index (χ2n) is 3.27. The zero-order valence-electron chi connectivity index (χ0n) is 7.94. The van der Waals surface area contributed by atoms with E-state index in [-0.39, 0.29) is 5.75 Å². The molecule has 0 unspecified atom stereocenters. The van der Waals surface area contributed by atoms with Crippen molar-refractivity contribution in [2.75, 3.05) is 0 Å². The van der Waals surface area contributed by atoms with Crippen molar-refractivity contribution in [3.05, 3.63) is 48.2 Å². The molecular weight excluding hydrogens is 174 g/mol. The van der Waals surface area contributed by atoms with Gasteiger partial charge in [0.1, 0.15) is 5.75 Å². The van der Waals surface area contributed by atoms with Crippen LogP contribution in [0.5, 0.6) is 5.75 Å². The highest BCUT2D eigenvalue weighted by Crippen LogP contribution is 2.21. The zero-order valence-corrected chi connectivity index (χ0v) is 7.94. The van der Waals surface area contributed by atoms with Crippen molar-refractivity contribution in [2.24, 2.45) is 0 Å². The standard InChI is InChI=1S/C12H11NO/c1-9-5-6-13-12(7-9)10-3-2-4-11(14)8-10/h2-8,14H,1H3. The van der Waals surface area contributed by atoms with Gasteiger partial charge in [0.2, 0.25) is 0 Å². The molecule has 0 radical (unpaired) electrons. The van der Waals surface area contributed by atoms with Crippen LogP contribution in [0.4, 0.5) is 0 Å². The van der Waals surface area contributed by atoms with Crippen molar-refractivity contribution in [1.82, 2.24) is 4.98 Å². The summed E-state index contributed by atoms with van der Waals surface area (Å²) in [4.78, 5) is 4.24. The predicted molar refractivity (Wildman–Crippen MR) is 56.1 cm³/mol. The van der Waals surface area contributed by atoms with Gasteiger partial charge in [-0.3, -0.25) is 4.98 Å². The monoisotopic (exact) mass is 185 g/mol. The summed E-state index contributed by atoms with van der Waals surface area (Å²) in [5, 5.41) is 9.32. The van der Waals surface area contributed by atoms with Gasteiger partial charge in [-0.25, -0.2) is 0 Å². The SMILES string of the molecule is Cc1ccnc(-c2cccc(O)c2)c1. The maximum absolute atomic E-state index is 9.32. The van der Waals surface area contributed by atoms with Crippen molar-refractivity contribution in [3.8, 4) is 17.0 Å². The molecule has 0 saturated heterocycles. The number of phenols is 1. The van der Waals surface area contributed by atoms with Gasteiger partial charge in [0.25, 0.3) is 0 Å². The average molecular weight is 185 g/mol. The van der Waals surface area contributed by atoms with Gasteiger partial charge < -0.3 is 5.11 Å². The number of hydrogen-bond acceptors (Lipinski definition) is 2. The van der Waals surface area contributed by atoms with E-state index in [0.717, 1.165) is 11.3 Å². The van der Waals surface area contributed by atoms with Gasteiger partial charge >= 0.3 is 0 Å². The molecule has 2 aromatic rings. The average Bonchev–Trinajstić information content (AvgIpc) is 2.18. The zero-order chi connectivity index (χ0) is 9.97. The van der Waals surface area contributed by atoms with Gasteiger partial charge in [0.05, 0.1) is 5.69 Å². The first-order valence-electron chi connectivity index (χ1n) is 4.48. The Bertz CT molecular complexity index is 408. The van der Waals surface area contributed by atoms with Crippen molar-refractivity contribution >= 4 is 0 Å². The Balaban J connectivity index is 2.49. The Morgan fingerprint density at radius 3 is 2.71 bits per heavy atom. The lowest BCUT2D eigenvalue weighted by Crippen LogP contribution is -1.83. The number of nitrogens with zero attached hydrogens (tertiary/aromatic N) is 1. The van der Waals surface area contributed by atoms with Crippen molar-refractivity contribution in [3.63, 3.8) is 0 Å². The summed E-state index contributed by atoms with van der Waals surface area (Å²) in [6.45, 7) is 2.02. The third-order valence-electron chi connectivity index (χ3n) is 2.06. The molecule has 0 aliphatic heterocycles. The van der Waals surface area contributed by atoms with Crippen LogP contribution in [0.2, 0.25) is 0 Å². The van der Waals surface area contributed by atoms with Crippen molar-refractivity contribution in [2.45, 2.75) is 6.92 Å². The van der Waals surface area contributed by atoms with Crippen LogP contribution in [0.1, 0.15) is 5.56 Å². The van der Waals surface area contributed by atoms with Crippen LogP contribution in [0.15, 0.2) is 42.6 Å². The number of benzene rings is 1. The van der Waals surface area contributed by atoms with E-state index in [1.165, 1.54) is 5.56 Å². The van der Waals surface area contributed by atoms with Gasteiger partial charge in [0.15, 0.2) is 0 Å². The van der Waals surface area contributed by atoms with E-state index in [1.54, 1.807) is 18.3 Å². The fourth-order valence-electron chi connectivity index (χ4n) is 1.36. The van der Waals surface area contributed by atoms with E-state index < -0.39 is 0 Å². The summed E-state index contributed by atoms with van der Waals surface area (Å²) in [7, 11) is 0. The summed E-state index contributed by atoms with van der Waals surface area (Å²) in [5.74, 6) is 0.269. The van der Waals surface area contributed by atoms with Gasteiger partial charge in [-0.15, -0.1) is 0 Å². The Morgan fingerprint density at radius 1 is 1.14 bits per heavy atom. The minimum atomic E-state index is 0.269. The topological polar surface area (TPSA) is 33.1 Å². The lowest BCUT2D eigenvalue weighted by atomic mass is 10.1. The molecular formula is C12H11NO. The molecule has 0 bridgehead atoms. The predicted octanol–water partition coefficient (Wildman–Crippen LogP) is 2.76. The van der Waals surface area contributed by atoms with Gasteiger partial charge in [-0.1, -0.05) is 12.1 Å². The second kappa shape index (κ2) is 3.50. The fraction of sp³-hybridized carbons (Fsp3) is 0.0833. The van der Waals surface area contributed by atoms with Crippen LogP contribution in [0.3, 0.4) is 0 Å². The molecule has 1 N–H and O–H groups in total. The molecule has 70 valence electrons. The normalized spacial score (nSPS) is 10.1. The van der Waals surface area contributed by atoms with Crippen LogP contribution >= 0.6 is 0 Å². The van der Waals surface area contributed by atoms with E-state index in [9.17, 15) is 5.11 Å². The van der Waals surface area contributed by atoms with Crippen LogP contribution < -0.4 is 0 Å². The first-order valence-corrected chi connectivity index (χ1v) is 4.48.